The van der Waals surface area contributed by atoms with Gasteiger partial charge in [0.25, 0.3) is 0 Å². The van der Waals surface area contributed by atoms with E-state index >= 15 is 0 Å². The van der Waals surface area contributed by atoms with E-state index in [0.717, 1.165) is 18.2 Å². The molecule has 6 heteroatoms. The minimum absolute atomic E-state index is 0.211. The summed E-state index contributed by atoms with van der Waals surface area (Å²) in [6.45, 7) is 0.598. The van der Waals surface area contributed by atoms with Crippen molar-refractivity contribution in [2.75, 3.05) is 24.2 Å². The third kappa shape index (κ3) is 3.13. The number of pyridine rings is 1. The normalized spacial score (nSPS) is 10.1. The predicted octanol–water partition coefficient (Wildman–Crippen LogP) is 1.71. The minimum atomic E-state index is -0.455. The van der Waals surface area contributed by atoms with Crippen molar-refractivity contribution in [1.82, 2.24) is 15.0 Å². The molecule has 0 bridgehead atoms. The van der Waals surface area contributed by atoms with E-state index in [9.17, 15) is 4.39 Å². The van der Waals surface area contributed by atoms with Crippen molar-refractivity contribution in [1.29, 1.82) is 0 Å². The van der Waals surface area contributed by atoms with Crippen molar-refractivity contribution in [2.24, 2.45) is 0 Å². The first kappa shape index (κ1) is 12.2. The largest absolute Gasteiger partial charge is 0.367 e. The first-order valence-corrected chi connectivity index (χ1v) is 5.62. The van der Waals surface area contributed by atoms with E-state index in [-0.39, 0.29) is 5.82 Å². The molecule has 0 spiro atoms. The zero-order chi connectivity index (χ0) is 12.8. The number of hydrogen-bond donors (Lipinski definition) is 2. The maximum atomic E-state index is 13.4. The van der Waals surface area contributed by atoms with Gasteiger partial charge in [0, 0.05) is 26.0 Å². The molecule has 0 saturated carbocycles. The van der Waals surface area contributed by atoms with Gasteiger partial charge in [-0.15, -0.1) is 0 Å². The summed E-state index contributed by atoms with van der Waals surface area (Å²) in [7, 11) is 1.69. The SMILES string of the molecule is CNc1ncc(F)c(NCCc2ccncc2)n1. The maximum Gasteiger partial charge on any atom is 0.224 e. The summed E-state index contributed by atoms with van der Waals surface area (Å²) in [5, 5.41) is 5.72. The van der Waals surface area contributed by atoms with E-state index in [1.807, 2.05) is 12.1 Å². The average Bonchev–Trinajstić information content (AvgIpc) is 2.42. The van der Waals surface area contributed by atoms with Gasteiger partial charge >= 0.3 is 0 Å². The number of anilines is 2. The molecule has 2 aromatic heterocycles. The summed E-state index contributed by atoms with van der Waals surface area (Å²) in [6, 6.07) is 3.86. The molecule has 0 atom stereocenters. The molecule has 0 aliphatic carbocycles. The van der Waals surface area contributed by atoms with E-state index in [2.05, 4.69) is 25.6 Å². The van der Waals surface area contributed by atoms with Gasteiger partial charge in [0.15, 0.2) is 11.6 Å². The van der Waals surface area contributed by atoms with Gasteiger partial charge in [-0.2, -0.15) is 4.98 Å². The molecule has 2 aromatic rings. The standard InChI is InChI=1S/C12H14FN5/c1-14-12-17-8-10(13)11(18-12)16-7-4-9-2-5-15-6-3-9/h2-3,5-6,8H,4,7H2,1H3,(H2,14,16,17,18). The lowest BCUT2D eigenvalue weighted by Gasteiger charge is -2.07. The second-order valence-corrected chi connectivity index (χ2v) is 3.67. The van der Waals surface area contributed by atoms with Crippen molar-refractivity contribution in [2.45, 2.75) is 6.42 Å². The van der Waals surface area contributed by atoms with Crippen LogP contribution >= 0.6 is 0 Å². The third-order valence-corrected chi connectivity index (χ3v) is 2.42. The summed E-state index contributed by atoms with van der Waals surface area (Å²) in [5.74, 6) is 0.148. The van der Waals surface area contributed by atoms with E-state index in [1.54, 1.807) is 19.4 Å². The van der Waals surface area contributed by atoms with Gasteiger partial charge in [-0.25, -0.2) is 9.37 Å². The first-order chi connectivity index (χ1) is 8.79. The zero-order valence-electron chi connectivity index (χ0n) is 10.0. The molecule has 0 radical (unpaired) electrons. The number of hydrogen-bond acceptors (Lipinski definition) is 5. The number of aromatic nitrogens is 3. The summed E-state index contributed by atoms with van der Waals surface area (Å²) in [5.41, 5.74) is 1.14. The predicted molar refractivity (Wildman–Crippen MR) is 68.0 cm³/mol. The Labute approximate surface area is 105 Å². The fraction of sp³-hybridized carbons (Fsp3) is 0.250. The molecule has 18 heavy (non-hydrogen) atoms. The molecule has 0 aliphatic heterocycles. The van der Waals surface area contributed by atoms with Crippen molar-refractivity contribution < 1.29 is 4.39 Å². The van der Waals surface area contributed by atoms with Crippen LogP contribution in [0.1, 0.15) is 5.56 Å². The summed E-state index contributed by atoms with van der Waals surface area (Å²) in [6.07, 6.45) is 5.40. The summed E-state index contributed by atoms with van der Waals surface area (Å²) >= 11 is 0. The molecule has 0 aliphatic rings. The van der Waals surface area contributed by atoms with E-state index in [1.165, 1.54) is 0 Å². The Balaban J connectivity index is 1.94. The van der Waals surface area contributed by atoms with Crippen LogP contribution in [0.15, 0.2) is 30.7 Å². The molecule has 2 N–H and O–H groups in total. The van der Waals surface area contributed by atoms with E-state index in [4.69, 9.17) is 0 Å². The third-order valence-electron chi connectivity index (χ3n) is 2.42. The smallest absolute Gasteiger partial charge is 0.224 e. The van der Waals surface area contributed by atoms with Crippen molar-refractivity contribution in [3.05, 3.63) is 42.1 Å². The van der Waals surface area contributed by atoms with Gasteiger partial charge in [-0.05, 0) is 24.1 Å². The van der Waals surface area contributed by atoms with Crippen LogP contribution in [0.2, 0.25) is 0 Å². The lowest BCUT2D eigenvalue weighted by atomic mass is 10.2. The van der Waals surface area contributed by atoms with Crippen LogP contribution in [0.25, 0.3) is 0 Å². The fourth-order valence-corrected chi connectivity index (χ4v) is 1.49. The number of rotatable bonds is 5. The Morgan fingerprint density at radius 1 is 1.28 bits per heavy atom. The number of nitrogens with one attached hydrogen (secondary N) is 2. The molecule has 94 valence electrons. The van der Waals surface area contributed by atoms with Gasteiger partial charge < -0.3 is 10.6 Å². The van der Waals surface area contributed by atoms with Crippen LogP contribution in [0, 0.1) is 5.82 Å². The molecule has 0 amide bonds. The molecule has 0 fully saturated rings. The molecule has 2 heterocycles. The van der Waals surface area contributed by atoms with Crippen LogP contribution in [0.4, 0.5) is 16.2 Å². The molecular formula is C12H14FN5. The second kappa shape index (κ2) is 5.90. The first-order valence-electron chi connectivity index (χ1n) is 5.62. The molecule has 2 rings (SSSR count). The van der Waals surface area contributed by atoms with Gasteiger partial charge in [0.2, 0.25) is 5.95 Å². The molecule has 0 aromatic carbocycles. The zero-order valence-corrected chi connectivity index (χ0v) is 10.0. The quantitative estimate of drug-likeness (QED) is 0.842. The monoisotopic (exact) mass is 247 g/mol. The fourth-order valence-electron chi connectivity index (χ4n) is 1.49. The van der Waals surface area contributed by atoms with E-state index < -0.39 is 5.82 Å². The van der Waals surface area contributed by atoms with Crippen molar-refractivity contribution in [3.8, 4) is 0 Å². The minimum Gasteiger partial charge on any atom is -0.367 e. The molecule has 5 nitrogen and oxygen atoms in total. The molecular weight excluding hydrogens is 233 g/mol. The van der Waals surface area contributed by atoms with Gasteiger partial charge in [0.05, 0.1) is 6.20 Å². The van der Waals surface area contributed by atoms with Crippen LogP contribution in [-0.2, 0) is 6.42 Å². The lowest BCUT2D eigenvalue weighted by molar-refractivity contribution is 0.617. The highest BCUT2D eigenvalue weighted by atomic mass is 19.1. The lowest BCUT2D eigenvalue weighted by Crippen LogP contribution is -2.10. The van der Waals surface area contributed by atoms with Crippen LogP contribution in [-0.4, -0.2) is 28.5 Å². The Bertz CT molecular complexity index is 503. The van der Waals surface area contributed by atoms with Gasteiger partial charge in [-0.3, -0.25) is 4.98 Å². The second-order valence-electron chi connectivity index (χ2n) is 3.67. The molecule has 0 saturated heterocycles. The Morgan fingerprint density at radius 3 is 2.78 bits per heavy atom. The average molecular weight is 247 g/mol. The van der Waals surface area contributed by atoms with Crippen LogP contribution < -0.4 is 10.6 Å². The van der Waals surface area contributed by atoms with Crippen molar-refractivity contribution >= 4 is 11.8 Å². The van der Waals surface area contributed by atoms with Gasteiger partial charge in [-0.1, -0.05) is 0 Å². The van der Waals surface area contributed by atoms with Crippen LogP contribution in [0.5, 0.6) is 0 Å². The molecule has 0 unspecified atom stereocenters. The van der Waals surface area contributed by atoms with Crippen LogP contribution in [0.3, 0.4) is 0 Å². The highest BCUT2D eigenvalue weighted by Crippen LogP contribution is 2.11. The van der Waals surface area contributed by atoms with Crippen molar-refractivity contribution in [3.63, 3.8) is 0 Å². The maximum absolute atomic E-state index is 13.4. The van der Waals surface area contributed by atoms with Gasteiger partial charge in [0.1, 0.15) is 0 Å². The van der Waals surface area contributed by atoms with E-state index in [0.29, 0.717) is 12.5 Å². The Kier molecular flexibility index (Phi) is 4.01. The Hall–Kier alpha value is -2.24. The highest BCUT2D eigenvalue weighted by Gasteiger charge is 2.05. The summed E-state index contributed by atoms with van der Waals surface area (Å²) < 4.78 is 13.4. The number of halogens is 1. The highest BCUT2D eigenvalue weighted by molar-refractivity contribution is 5.40. The Morgan fingerprint density at radius 2 is 2.06 bits per heavy atom. The topological polar surface area (TPSA) is 62.7 Å². The summed E-state index contributed by atoms with van der Waals surface area (Å²) in [4.78, 5) is 11.7. The number of nitrogens with zero attached hydrogens (tertiary/aromatic N) is 3.